The van der Waals surface area contributed by atoms with Crippen molar-refractivity contribution in [2.45, 2.75) is 6.92 Å². The lowest BCUT2D eigenvalue weighted by atomic mass is 10.1. The summed E-state index contributed by atoms with van der Waals surface area (Å²) in [6.07, 6.45) is 0. The van der Waals surface area contributed by atoms with E-state index >= 15 is 0 Å². The van der Waals surface area contributed by atoms with E-state index < -0.39 is 0 Å². The molecule has 0 bridgehead atoms. The zero-order valence-corrected chi connectivity index (χ0v) is 13.0. The standard InChI is InChI=1S/C16H10BrClO2/c1-9-4-11(6-12(17)5-9)16(19)15-8-10-7-13(18)2-3-14(10)20-15/h2-8H,1H3. The minimum atomic E-state index is -0.137. The molecule has 0 fully saturated rings. The molecule has 100 valence electrons. The molecule has 0 aliphatic rings. The molecule has 0 unspecified atom stereocenters. The SMILES string of the molecule is Cc1cc(Br)cc(C(=O)c2cc3cc(Cl)ccc3o2)c1. The summed E-state index contributed by atoms with van der Waals surface area (Å²) in [5.74, 6) is 0.182. The number of rotatable bonds is 2. The largest absolute Gasteiger partial charge is 0.453 e. The van der Waals surface area contributed by atoms with Crippen molar-refractivity contribution in [1.29, 1.82) is 0 Å². The highest BCUT2D eigenvalue weighted by Gasteiger charge is 2.15. The van der Waals surface area contributed by atoms with Crippen LogP contribution in [0.25, 0.3) is 11.0 Å². The summed E-state index contributed by atoms with van der Waals surface area (Å²) >= 11 is 9.33. The number of fused-ring (bicyclic) bond motifs is 1. The number of carbonyl (C=O) groups excluding carboxylic acids is 1. The molecule has 1 heterocycles. The molecule has 0 saturated heterocycles. The van der Waals surface area contributed by atoms with E-state index in [0.717, 1.165) is 15.4 Å². The fourth-order valence-corrected chi connectivity index (χ4v) is 2.92. The number of carbonyl (C=O) groups is 1. The lowest BCUT2D eigenvalue weighted by Gasteiger charge is -2.01. The molecule has 2 nitrogen and oxygen atoms in total. The number of hydrogen-bond acceptors (Lipinski definition) is 2. The Bertz CT molecular complexity index is 800. The maximum absolute atomic E-state index is 12.5. The van der Waals surface area contributed by atoms with Crippen molar-refractivity contribution in [3.63, 3.8) is 0 Å². The molecule has 20 heavy (non-hydrogen) atoms. The van der Waals surface area contributed by atoms with Crippen LogP contribution in [0.15, 0.2) is 51.4 Å². The molecule has 1 aromatic heterocycles. The molecular weight excluding hydrogens is 340 g/mol. The van der Waals surface area contributed by atoms with Gasteiger partial charge in [0.25, 0.3) is 0 Å². The Hall–Kier alpha value is -1.58. The van der Waals surface area contributed by atoms with Gasteiger partial charge in [-0.2, -0.15) is 0 Å². The molecule has 0 radical (unpaired) electrons. The fourth-order valence-electron chi connectivity index (χ4n) is 2.14. The van der Waals surface area contributed by atoms with Gasteiger partial charge in [0, 0.05) is 20.4 Å². The normalized spacial score (nSPS) is 10.9. The van der Waals surface area contributed by atoms with Crippen LogP contribution in [0.5, 0.6) is 0 Å². The molecule has 0 aliphatic carbocycles. The van der Waals surface area contributed by atoms with Crippen LogP contribution in [0.4, 0.5) is 0 Å². The van der Waals surface area contributed by atoms with Gasteiger partial charge in [0.15, 0.2) is 5.76 Å². The third-order valence-corrected chi connectivity index (χ3v) is 3.70. The van der Waals surface area contributed by atoms with Gasteiger partial charge in [-0.05, 0) is 55.0 Å². The molecule has 0 atom stereocenters. The van der Waals surface area contributed by atoms with Gasteiger partial charge in [-0.25, -0.2) is 0 Å². The van der Waals surface area contributed by atoms with E-state index in [1.807, 2.05) is 19.1 Å². The van der Waals surface area contributed by atoms with E-state index in [1.54, 1.807) is 30.3 Å². The van der Waals surface area contributed by atoms with E-state index in [2.05, 4.69) is 15.9 Å². The molecule has 0 spiro atoms. The van der Waals surface area contributed by atoms with Crippen molar-refractivity contribution in [3.8, 4) is 0 Å². The quantitative estimate of drug-likeness (QED) is 0.581. The minimum Gasteiger partial charge on any atom is -0.453 e. The number of halogens is 2. The first kappa shape index (κ1) is 13.4. The average Bonchev–Trinajstić information content (AvgIpc) is 2.79. The maximum Gasteiger partial charge on any atom is 0.228 e. The van der Waals surface area contributed by atoms with Gasteiger partial charge >= 0.3 is 0 Å². The van der Waals surface area contributed by atoms with Gasteiger partial charge in [0.05, 0.1) is 0 Å². The predicted molar refractivity (Wildman–Crippen MR) is 83.5 cm³/mol. The van der Waals surface area contributed by atoms with E-state index in [9.17, 15) is 4.79 Å². The van der Waals surface area contributed by atoms with E-state index in [4.69, 9.17) is 16.0 Å². The van der Waals surface area contributed by atoms with Crippen LogP contribution in [-0.4, -0.2) is 5.78 Å². The molecule has 3 rings (SSSR count). The molecule has 3 aromatic rings. The zero-order chi connectivity index (χ0) is 14.3. The number of furan rings is 1. The van der Waals surface area contributed by atoms with E-state index in [-0.39, 0.29) is 5.78 Å². The summed E-state index contributed by atoms with van der Waals surface area (Å²) in [7, 11) is 0. The molecule has 0 amide bonds. The third kappa shape index (κ3) is 2.51. The second-order valence-electron chi connectivity index (χ2n) is 4.64. The first-order valence-corrected chi connectivity index (χ1v) is 7.21. The second kappa shape index (κ2) is 5.08. The number of ketones is 1. The van der Waals surface area contributed by atoms with Gasteiger partial charge in [-0.1, -0.05) is 27.5 Å². The number of hydrogen-bond donors (Lipinski definition) is 0. The number of aryl methyl sites for hydroxylation is 1. The van der Waals surface area contributed by atoms with Gasteiger partial charge < -0.3 is 4.42 Å². The average molecular weight is 350 g/mol. The smallest absolute Gasteiger partial charge is 0.228 e. The van der Waals surface area contributed by atoms with Crippen molar-refractivity contribution in [2.75, 3.05) is 0 Å². The summed E-state index contributed by atoms with van der Waals surface area (Å²) in [5.41, 5.74) is 2.27. The molecule has 4 heteroatoms. The Morgan fingerprint density at radius 1 is 1.15 bits per heavy atom. The van der Waals surface area contributed by atoms with E-state index in [1.165, 1.54) is 0 Å². The Morgan fingerprint density at radius 2 is 1.95 bits per heavy atom. The van der Waals surface area contributed by atoms with Crippen LogP contribution < -0.4 is 0 Å². The van der Waals surface area contributed by atoms with Gasteiger partial charge in [-0.3, -0.25) is 4.79 Å². The highest BCUT2D eigenvalue weighted by Crippen LogP contribution is 2.25. The fraction of sp³-hybridized carbons (Fsp3) is 0.0625. The molecule has 0 N–H and O–H groups in total. The van der Waals surface area contributed by atoms with Gasteiger partial charge in [0.1, 0.15) is 5.58 Å². The predicted octanol–water partition coefficient (Wildman–Crippen LogP) is 5.39. The van der Waals surface area contributed by atoms with Crippen molar-refractivity contribution in [3.05, 3.63) is 68.8 Å². The molecule has 2 aromatic carbocycles. The topological polar surface area (TPSA) is 30.2 Å². The van der Waals surface area contributed by atoms with Gasteiger partial charge in [0.2, 0.25) is 5.78 Å². The van der Waals surface area contributed by atoms with Crippen molar-refractivity contribution < 1.29 is 9.21 Å². The highest BCUT2D eigenvalue weighted by molar-refractivity contribution is 9.10. The third-order valence-electron chi connectivity index (χ3n) is 3.01. The molecule has 0 saturated carbocycles. The van der Waals surface area contributed by atoms with Crippen LogP contribution in [0.1, 0.15) is 21.7 Å². The van der Waals surface area contributed by atoms with Crippen LogP contribution in [-0.2, 0) is 0 Å². The van der Waals surface area contributed by atoms with Gasteiger partial charge in [-0.15, -0.1) is 0 Å². The van der Waals surface area contributed by atoms with Crippen LogP contribution in [0, 0.1) is 6.92 Å². The summed E-state index contributed by atoms with van der Waals surface area (Å²) in [5, 5.41) is 1.45. The number of benzene rings is 2. The van der Waals surface area contributed by atoms with E-state index in [0.29, 0.717) is 21.9 Å². The lowest BCUT2D eigenvalue weighted by molar-refractivity contribution is 0.101. The summed E-state index contributed by atoms with van der Waals surface area (Å²) in [6, 6.07) is 12.6. The zero-order valence-electron chi connectivity index (χ0n) is 10.6. The first-order chi connectivity index (χ1) is 9.52. The monoisotopic (exact) mass is 348 g/mol. The summed E-state index contributed by atoms with van der Waals surface area (Å²) in [6.45, 7) is 1.94. The maximum atomic E-state index is 12.5. The highest BCUT2D eigenvalue weighted by atomic mass is 79.9. The molecular formula is C16H10BrClO2. The van der Waals surface area contributed by atoms with Crippen LogP contribution >= 0.6 is 27.5 Å². The van der Waals surface area contributed by atoms with Crippen molar-refractivity contribution >= 4 is 44.3 Å². The van der Waals surface area contributed by atoms with Crippen LogP contribution in [0.2, 0.25) is 5.02 Å². The second-order valence-corrected chi connectivity index (χ2v) is 5.99. The van der Waals surface area contributed by atoms with Crippen molar-refractivity contribution in [1.82, 2.24) is 0 Å². The van der Waals surface area contributed by atoms with Crippen molar-refractivity contribution in [2.24, 2.45) is 0 Å². The Balaban J connectivity index is 2.07. The summed E-state index contributed by atoms with van der Waals surface area (Å²) in [4.78, 5) is 12.5. The molecule has 0 aliphatic heterocycles. The Kier molecular flexibility index (Phi) is 3.40. The summed E-state index contributed by atoms with van der Waals surface area (Å²) < 4.78 is 6.47. The lowest BCUT2D eigenvalue weighted by Crippen LogP contribution is -1.99. The first-order valence-electron chi connectivity index (χ1n) is 6.04. The van der Waals surface area contributed by atoms with Crippen LogP contribution in [0.3, 0.4) is 0 Å². The Labute approximate surface area is 129 Å². The Morgan fingerprint density at radius 3 is 2.70 bits per heavy atom. The minimum absolute atomic E-state index is 0.137.